The summed E-state index contributed by atoms with van der Waals surface area (Å²) in [6, 6.07) is 15.1. The van der Waals surface area contributed by atoms with Gasteiger partial charge in [-0.2, -0.15) is 0 Å². The number of nitrogens with zero attached hydrogens (tertiary/aromatic N) is 1. The Bertz CT molecular complexity index is 735. The van der Waals surface area contributed by atoms with Gasteiger partial charge in [0.25, 0.3) is 0 Å². The summed E-state index contributed by atoms with van der Waals surface area (Å²) >= 11 is 0. The molecule has 1 aliphatic rings. The number of hydrogen-bond donors (Lipinski definition) is 2. The highest BCUT2D eigenvalue weighted by molar-refractivity contribution is 5.91. The molecule has 0 unspecified atom stereocenters. The molecule has 1 heterocycles. The molecule has 25 heavy (non-hydrogen) atoms. The van der Waals surface area contributed by atoms with Gasteiger partial charge in [-0.1, -0.05) is 30.3 Å². The molecule has 1 aliphatic heterocycles. The van der Waals surface area contributed by atoms with E-state index in [-0.39, 0.29) is 11.6 Å². The number of carbonyl (C=O) groups excluding carboxylic acids is 1. The lowest BCUT2D eigenvalue weighted by atomic mass is 9.97. The predicted molar refractivity (Wildman–Crippen MR) is 98.9 cm³/mol. The van der Waals surface area contributed by atoms with Crippen LogP contribution in [0.4, 0.5) is 15.8 Å². The van der Waals surface area contributed by atoms with Crippen molar-refractivity contribution in [3.63, 3.8) is 0 Å². The molecule has 0 bridgehead atoms. The van der Waals surface area contributed by atoms with Crippen LogP contribution in [0.3, 0.4) is 0 Å². The Morgan fingerprint density at radius 1 is 1.28 bits per heavy atom. The van der Waals surface area contributed by atoms with Gasteiger partial charge in [0.15, 0.2) is 0 Å². The molecule has 3 N–H and O–H groups in total. The molecule has 0 spiro atoms. The maximum Gasteiger partial charge on any atom is 0.225 e. The number of benzene rings is 2. The summed E-state index contributed by atoms with van der Waals surface area (Å²) in [5.74, 6) is -0.160. The molecule has 0 aromatic heterocycles. The van der Waals surface area contributed by atoms with Crippen LogP contribution >= 0.6 is 0 Å². The molecule has 0 radical (unpaired) electrons. The van der Waals surface area contributed by atoms with E-state index < -0.39 is 5.82 Å². The third-order valence-corrected chi connectivity index (χ3v) is 4.87. The standard InChI is InChI=1S/C20H24FN3O/c1-14-11-16(15-5-3-2-4-6-15)13-24(14)10-9-20(25)23-19-12-17(22)7-8-18(19)21/h2-8,12,14,16H,9-11,13,22H2,1H3,(H,23,25)/t14-,16-/m0/s1. The van der Waals surface area contributed by atoms with Gasteiger partial charge in [-0.3, -0.25) is 9.69 Å². The van der Waals surface area contributed by atoms with E-state index in [9.17, 15) is 9.18 Å². The topological polar surface area (TPSA) is 58.4 Å². The molecule has 3 rings (SSSR count). The van der Waals surface area contributed by atoms with Gasteiger partial charge >= 0.3 is 0 Å². The second-order valence-electron chi connectivity index (χ2n) is 6.72. The van der Waals surface area contributed by atoms with Gasteiger partial charge in [0.1, 0.15) is 5.82 Å². The Balaban J connectivity index is 1.53. The zero-order valence-electron chi connectivity index (χ0n) is 14.4. The fourth-order valence-electron chi connectivity index (χ4n) is 3.47. The molecule has 0 saturated carbocycles. The molecule has 1 saturated heterocycles. The Morgan fingerprint density at radius 3 is 2.80 bits per heavy atom. The predicted octanol–water partition coefficient (Wildman–Crippen LogP) is 3.61. The fourth-order valence-corrected chi connectivity index (χ4v) is 3.47. The fraction of sp³-hybridized carbons (Fsp3) is 0.350. The van der Waals surface area contributed by atoms with E-state index in [0.717, 1.165) is 13.0 Å². The first-order valence-electron chi connectivity index (χ1n) is 8.67. The van der Waals surface area contributed by atoms with Crippen LogP contribution < -0.4 is 11.1 Å². The molecular formula is C20H24FN3O. The van der Waals surface area contributed by atoms with Gasteiger partial charge in [-0.05, 0) is 43.0 Å². The summed E-state index contributed by atoms with van der Waals surface area (Å²) in [5, 5.41) is 2.61. The maximum absolute atomic E-state index is 13.7. The molecule has 4 nitrogen and oxygen atoms in total. The van der Waals surface area contributed by atoms with E-state index >= 15 is 0 Å². The van der Waals surface area contributed by atoms with Crippen LogP contribution in [-0.4, -0.2) is 29.9 Å². The van der Waals surface area contributed by atoms with Gasteiger partial charge in [0.2, 0.25) is 5.91 Å². The highest BCUT2D eigenvalue weighted by Gasteiger charge is 2.29. The van der Waals surface area contributed by atoms with Crippen molar-refractivity contribution in [2.24, 2.45) is 0 Å². The van der Waals surface area contributed by atoms with Gasteiger partial charge in [0, 0.05) is 31.2 Å². The third-order valence-electron chi connectivity index (χ3n) is 4.87. The number of halogens is 1. The minimum atomic E-state index is -0.471. The largest absolute Gasteiger partial charge is 0.399 e. The number of nitrogens with two attached hydrogens (primary N) is 1. The molecule has 132 valence electrons. The number of carbonyl (C=O) groups is 1. The highest BCUT2D eigenvalue weighted by atomic mass is 19.1. The lowest BCUT2D eigenvalue weighted by Gasteiger charge is -2.20. The monoisotopic (exact) mass is 341 g/mol. The van der Waals surface area contributed by atoms with Crippen LogP contribution in [-0.2, 0) is 4.79 Å². The molecule has 0 aliphatic carbocycles. The van der Waals surface area contributed by atoms with Crippen molar-refractivity contribution < 1.29 is 9.18 Å². The molecule has 5 heteroatoms. The van der Waals surface area contributed by atoms with Crippen LogP contribution in [0.25, 0.3) is 0 Å². The van der Waals surface area contributed by atoms with Gasteiger partial charge in [-0.25, -0.2) is 4.39 Å². The first-order valence-corrected chi connectivity index (χ1v) is 8.67. The van der Waals surface area contributed by atoms with Gasteiger partial charge < -0.3 is 11.1 Å². The molecule has 2 aromatic rings. The van der Waals surface area contributed by atoms with Gasteiger partial charge in [0.05, 0.1) is 5.69 Å². The smallest absolute Gasteiger partial charge is 0.225 e. The quantitative estimate of drug-likeness (QED) is 0.817. The lowest BCUT2D eigenvalue weighted by molar-refractivity contribution is -0.116. The highest BCUT2D eigenvalue weighted by Crippen LogP contribution is 2.31. The van der Waals surface area contributed by atoms with Crippen molar-refractivity contribution in [3.8, 4) is 0 Å². The van der Waals surface area contributed by atoms with E-state index in [4.69, 9.17) is 5.73 Å². The lowest BCUT2D eigenvalue weighted by Crippen LogP contribution is -2.30. The second-order valence-corrected chi connectivity index (χ2v) is 6.72. The van der Waals surface area contributed by atoms with Crippen molar-refractivity contribution >= 4 is 17.3 Å². The Morgan fingerprint density at radius 2 is 2.04 bits per heavy atom. The SMILES string of the molecule is C[C@H]1C[C@H](c2ccccc2)CN1CCC(=O)Nc1cc(N)ccc1F. The average Bonchev–Trinajstić information content (AvgIpc) is 2.98. The van der Waals surface area contributed by atoms with Crippen LogP contribution in [0.5, 0.6) is 0 Å². The van der Waals surface area contributed by atoms with E-state index in [0.29, 0.717) is 30.6 Å². The van der Waals surface area contributed by atoms with E-state index in [1.807, 2.05) is 6.07 Å². The van der Waals surface area contributed by atoms with Crippen LogP contribution in [0, 0.1) is 5.82 Å². The van der Waals surface area contributed by atoms with Crippen LogP contribution in [0.15, 0.2) is 48.5 Å². The van der Waals surface area contributed by atoms with Crippen molar-refractivity contribution in [2.75, 3.05) is 24.1 Å². The first-order chi connectivity index (χ1) is 12.0. The number of hydrogen-bond acceptors (Lipinski definition) is 3. The second kappa shape index (κ2) is 7.66. The molecule has 2 atom stereocenters. The summed E-state index contributed by atoms with van der Waals surface area (Å²) in [6.07, 6.45) is 1.43. The Labute approximate surface area is 147 Å². The number of anilines is 2. The number of nitrogens with one attached hydrogen (secondary N) is 1. The normalized spacial score (nSPS) is 20.6. The summed E-state index contributed by atoms with van der Waals surface area (Å²) < 4.78 is 13.7. The number of rotatable bonds is 5. The Hall–Kier alpha value is -2.40. The summed E-state index contributed by atoms with van der Waals surface area (Å²) in [4.78, 5) is 14.5. The molecule has 2 aromatic carbocycles. The number of nitrogen functional groups attached to an aromatic ring is 1. The molecule has 1 amide bonds. The van der Waals surface area contributed by atoms with Crippen molar-refractivity contribution in [2.45, 2.75) is 31.7 Å². The number of amides is 1. The van der Waals surface area contributed by atoms with E-state index in [1.54, 1.807) is 0 Å². The number of likely N-dealkylation sites (tertiary alicyclic amines) is 1. The first kappa shape index (κ1) is 17.4. The van der Waals surface area contributed by atoms with Crippen molar-refractivity contribution in [1.29, 1.82) is 0 Å². The molecular weight excluding hydrogens is 317 g/mol. The average molecular weight is 341 g/mol. The Kier molecular flexibility index (Phi) is 5.34. The van der Waals surface area contributed by atoms with Crippen LogP contribution in [0.2, 0.25) is 0 Å². The van der Waals surface area contributed by atoms with E-state index in [1.165, 1.54) is 23.8 Å². The zero-order valence-corrected chi connectivity index (χ0v) is 14.4. The third kappa shape index (κ3) is 4.37. The summed E-state index contributed by atoms with van der Waals surface area (Å²) in [5.41, 5.74) is 7.56. The minimum absolute atomic E-state index is 0.140. The minimum Gasteiger partial charge on any atom is -0.399 e. The summed E-state index contributed by atoms with van der Waals surface area (Å²) in [7, 11) is 0. The zero-order chi connectivity index (χ0) is 17.8. The maximum atomic E-state index is 13.7. The molecule has 1 fully saturated rings. The van der Waals surface area contributed by atoms with Crippen molar-refractivity contribution in [1.82, 2.24) is 4.90 Å². The van der Waals surface area contributed by atoms with Crippen LogP contribution in [0.1, 0.15) is 31.2 Å². The summed E-state index contributed by atoms with van der Waals surface area (Å²) in [6.45, 7) is 3.81. The van der Waals surface area contributed by atoms with E-state index in [2.05, 4.69) is 41.4 Å². The van der Waals surface area contributed by atoms with Crippen molar-refractivity contribution in [3.05, 3.63) is 59.9 Å². The van der Waals surface area contributed by atoms with Gasteiger partial charge in [-0.15, -0.1) is 0 Å².